The van der Waals surface area contributed by atoms with Crippen LogP contribution in [0.15, 0.2) is 24.4 Å². The molecule has 104 valence electrons. The first kappa shape index (κ1) is 14.4. The molecule has 2 aromatic rings. The fourth-order valence-corrected chi connectivity index (χ4v) is 2.05. The van der Waals surface area contributed by atoms with E-state index in [0.29, 0.717) is 9.26 Å². The lowest BCUT2D eigenvalue weighted by atomic mass is 10.3. The molecule has 0 fully saturated rings. The highest BCUT2D eigenvalue weighted by Crippen LogP contribution is 2.28. The summed E-state index contributed by atoms with van der Waals surface area (Å²) in [6.07, 6.45) is 1.11. The van der Waals surface area contributed by atoms with E-state index < -0.39 is 4.92 Å². The van der Waals surface area contributed by atoms with Crippen LogP contribution in [0.1, 0.15) is 0 Å². The van der Waals surface area contributed by atoms with Crippen molar-refractivity contribution in [2.24, 2.45) is 0 Å². The highest BCUT2D eigenvalue weighted by molar-refractivity contribution is 14.1. The number of rotatable bonds is 4. The van der Waals surface area contributed by atoms with Crippen LogP contribution < -0.4 is 10.6 Å². The lowest BCUT2D eigenvalue weighted by molar-refractivity contribution is -0.384. The number of aromatic nitrogens is 2. The zero-order valence-corrected chi connectivity index (χ0v) is 12.4. The summed E-state index contributed by atoms with van der Waals surface area (Å²) in [7, 11) is 1.60. The maximum atomic E-state index is 13.0. The highest BCUT2D eigenvalue weighted by Gasteiger charge is 2.18. The van der Waals surface area contributed by atoms with Gasteiger partial charge in [0.2, 0.25) is 11.8 Å². The second kappa shape index (κ2) is 5.94. The summed E-state index contributed by atoms with van der Waals surface area (Å²) < 4.78 is 13.6. The van der Waals surface area contributed by atoms with Gasteiger partial charge in [-0.2, -0.15) is 4.98 Å². The van der Waals surface area contributed by atoms with Crippen molar-refractivity contribution < 1.29 is 9.31 Å². The fourth-order valence-electron chi connectivity index (χ4n) is 1.44. The largest absolute Gasteiger partial charge is 0.357 e. The van der Waals surface area contributed by atoms with Crippen molar-refractivity contribution in [1.29, 1.82) is 0 Å². The van der Waals surface area contributed by atoms with E-state index in [9.17, 15) is 14.5 Å². The van der Waals surface area contributed by atoms with E-state index in [-0.39, 0.29) is 23.3 Å². The van der Waals surface area contributed by atoms with Crippen LogP contribution in [0.3, 0.4) is 0 Å². The molecule has 1 aromatic carbocycles. The average Bonchev–Trinajstić information content (AvgIpc) is 2.41. The molecule has 1 heterocycles. The standard InChI is InChI=1S/C11H9FIN5O2/c1-14-11-15-5-9(18(19)20)10(17-11)16-8-3-2-6(12)4-7(8)13/h2-5H,1H3,(H2,14,15,16,17). The van der Waals surface area contributed by atoms with Crippen molar-refractivity contribution in [1.82, 2.24) is 9.97 Å². The predicted molar refractivity (Wildman–Crippen MR) is 80.6 cm³/mol. The topological polar surface area (TPSA) is 93.0 Å². The van der Waals surface area contributed by atoms with Crippen LogP contribution in [0.4, 0.5) is 27.5 Å². The quantitative estimate of drug-likeness (QED) is 0.475. The first-order chi connectivity index (χ1) is 9.51. The molecule has 2 N–H and O–H groups in total. The molecule has 0 atom stereocenters. The van der Waals surface area contributed by atoms with E-state index in [1.165, 1.54) is 18.2 Å². The zero-order chi connectivity index (χ0) is 14.7. The number of hydrogen-bond donors (Lipinski definition) is 2. The minimum absolute atomic E-state index is 0.0406. The molecule has 0 bridgehead atoms. The third-order valence-electron chi connectivity index (χ3n) is 2.37. The van der Waals surface area contributed by atoms with Gasteiger partial charge in [0.05, 0.1) is 10.6 Å². The summed E-state index contributed by atoms with van der Waals surface area (Å²) >= 11 is 1.93. The average molecular weight is 389 g/mol. The minimum Gasteiger partial charge on any atom is -0.357 e. The Bertz CT molecular complexity index is 667. The van der Waals surface area contributed by atoms with E-state index in [1.807, 2.05) is 22.6 Å². The lowest BCUT2D eigenvalue weighted by Gasteiger charge is -2.09. The van der Waals surface area contributed by atoms with Gasteiger partial charge in [0.25, 0.3) is 0 Å². The Morgan fingerprint density at radius 2 is 2.20 bits per heavy atom. The molecule has 7 nitrogen and oxygen atoms in total. The molecule has 0 aliphatic carbocycles. The van der Waals surface area contributed by atoms with E-state index in [2.05, 4.69) is 20.6 Å². The number of anilines is 3. The SMILES string of the molecule is CNc1ncc([N+](=O)[O-])c(Nc2ccc(F)cc2I)n1. The molecule has 20 heavy (non-hydrogen) atoms. The van der Waals surface area contributed by atoms with E-state index >= 15 is 0 Å². The monoisotopic (exact) mass is 389 g/mol. The molecule has 0 amide bonds. The molecule has 0 saturated heterocycles. The van der Waals surface area contributed by atoms with E-state index in [4.69, 9.17) is 0 Å². The van der Waals surface area contributed by atoms with Gasteiger partial charge in [-0.15, -0.1) is 0 Å². The van der Waals surface area contributed by atoms with Gasteiger partial charge in [0.1, 0.15) is 12.0 Å². The van der Waals surface area contributed by atoms with E-state index in [0.717, 1.165) is 6.20 Å². The summed E-state index contributed by atoms with van der Waals surface area (Å²) in [5.41, 5.74) is 0.264. The van der Waals surface area contributed by atoms with Crippen molar-refractivity contribution in [3.63, 3.8) is 0 Å². The van der Waals surface area contributed by atoms with Crippen molar-refractivity contribution >= 4 is 45.7 Å². The number of benzene rings is 1. The molecule has 1 aromatic heterocycles. The van der Waals surface area contributed by atoms with Crippen molar-refractivity contribution in [3.05, 3.63) is 43.9 Å². The molecule has 0 aliphatic rings. The van der Waals surface area contributed by atoms with Crippen LogP contribution >= 0.6 is 22.6 Å². The number of hydrogen-bond acceptors (Lipinski definition) is 6. The number of nitrogens with one attached hydrogen (secondary N) is 2. The first-order valence-electron chi connectivity index (χ1n) is 5.42. The van der Waals surface area contributed by atoms with Gasteiger partial charge in [0.15, 0.2) is 0 Å². The number of halogens is 2. The van der Waals surface area contributed by atoms with Crippen LogP contribution in [-0.4, -0.2) is 21.9 Å². The molecule has 0 spiro atoms. The molecule has 2 rings (SSSR count). The van der Waals surface area contributed by atoms with Crippen LogP contribution in [0, 0.1) is 19.5 Å². The van der Waals surface area contributed by atoms with Gasteiger partial charge in [-0.05, 0) is 40.8 Å². The maximum Gasteiger partial charge on any atom is 0.329 e. The van der Waals surface area contributed by atoms with Gasteiger partial charge in [0, 0.05) is 10.6 Å². The zero-order valence-electron chi connectivity index (χ0n) is 10.2. The number of nitro groups is 1. The number of nitrogens with zero attached hydrogens (tertiary/aromatic N) is 3. The van der Waals surface area contributed by atoms with Gasteiger partial charge in [-0.3, -0.25) is 10.1 Å². The molecular formula is C11H9FIN5O2. The molecule has 9 heteroatoms. The molecule has 0 saturated carbocycles. The highest BCUT2D eigenvalue weighted by atomic mass is 127. The summed E-state index contributed by atoms with van der Waals surface area (Å²) in [5.74, 6) is -0.0952. The minimum atomic E-state index is -0.585. The van der Waals surface area contributed by atoms with Crippen LogP contribution in [-0.2, 0) is 0 Å². The smallest absolute Gasteiger partial charge is 0.329 e. The Kier molecular flexibility index (Phi) is 4.27. The molecular weight excluding hydrogens is 380 g/mol. The second-order valence-electron chi connectivity index (χ2n) is 3.68. The summed E-state index contributed by atoms with van der Waals surface area (Å²) in [4.78, 5) is 18.2. The Labute approximate surface area is 126 Å². The van der Waals surface area contributed by atoms with Crippen molar-refractivity contribution in [3.8, 4) is 0 Å². The summed E-state index contributed by atoms with van der Waals surface area (Å²) in [6, 6.07) is 4.06. The van der Waals surface area contributed by atoms with Crippen molar-refractivity contribution in [2.45, 2.75) is 0 Å². The molecule has 0 radical (unpaired) electrons. The first-order valence-corrected chi connectivity index (χ1v) is 6.50. The predicted octanol–water partition coefficient (Wildman–Crippen LogP) is 2.91. The third kappa shape index (κ3) is 3.10. The normalized spacial score (nSPS) is 10.2. The van der Waals surface area contributed by atoms with Crippen LogP contribution in [0.25, 0.3) is 0 Å². The van der Waals surface area contributed by atoms with Crippen molar-refractivity contribution in [2.75, 3.05) is 17.7 Å². The maximum absolute atomic E-state index is 13.0. The lowest BCUT2D eigenvalue weighted by Crippen LogP contribution is -2.05. The van der Waals surface area contributed by atoms with Gasteiger partial charge in [-0.25, -0.2) is 9.37 Å². The summed E-state index contributed by atoms with van der Waals surface area (Å²) in [6.45, 7) is 0. The Hall–Kier alpha value is -2.04. The van der Waals surface area contributed by atoms with Crippen LogP contribution in [0.5, 0.6) is 0 Å². The molecule has 0 aliphatic heterocycles. The fraction of sp³-hybridized carbons (Fsp3) is 0.0909. The third-order valence-corrected chi connectivity index (χ3v) is 3.27. The van der Waals surface area contributed by atoms with Gasteiger partial charge < -0.3 is 10.6 Å². The molecule has 0 unspecified atom stereocenters. The Balaban J connectivity index is 2.43. The van der Waals surface area contributed by atoms with Gasteiger partial charge >= 0.3 is 5.69 Å². The Morgan fingerprint density at radius 3 is 2.80 bits per heavy atom. The Morgan fingerprint density at radius 1 is 1.45 bits per heavy atom. The summed E-state index contributed by atoms with van der Waals surface area (Å²) in [5, 5.41) is 16.5. The van der Waals surface area contributed by atoms with Crippen LogP contribution in [0.2, 0.25) is 0 Å². The van der Waals surface area contributed by atoms with Gasteiger partial charge in [-0.1, -0.05) is 0 Å². The second-order valence-corrected chi connectivity index (χ2v) is 4.85. The van der Waals surface area contributed by atoms with E-state index in [1.54, 1.807) is 7.05 Å².